The van der Waals surface area contributed by atoms with Crippen LogP contribution in [0.1, 0.15) is 28.8 Å². The highest BCUT2D eigenvalue weighted by molar-refractivity contribution is 7.13. The molecule has 1 aliphatic heterocycles. The van der Waals surface area contributed by atoms with Crippen molar-refractivity contribution in [2.75, 3.05) is 19.0 Å². The zero-order valence-corrected chi connectivity index (χ0v) is 17.4. The number of methoxy groups -OCH3 is 1. The second-order valence-corrected chi connectivity index (χ2v) is 8.13. The van der Waals surface area contributed by atoms with Crippen molar-refractivity contribution in [3.8, 4) is 5.75 Å². The lowest BCUT2D eigenvalue weighted by Gasteiger charge is -2.27. The van der Waals surface area contributed by atoms with E-state index in [0.717, 1.165) is 43.1 Å². The third-order valence-electron chi connectivity index (χ3n) is 5.19. The van der Waals surface area contributed by atoms with Gasteiger partial charge in [-0.2, -0.15) is 0 Å². The predicted molar refractivity (Wildman–Crippen MR) is 116 cm³/mol. The second kappa shape index (κ2) is 9.20. The number of thiazole rings is 1. The monoisotopic (exact) mass is 407 g/mol. The molecule has 2 heterocycles. The number of carbonyl (C=O) groups is 1. The lowest BCUT2D eigenvalue weighted by molar-refractivity contribution is -0.116. The molecular weight excluding hydrogens is 382 g/mol. The zero-order valence-electron chi connectivity index (χ0n) is 16.6. The number of anilines is 1. The van der Waals surface area contributed by atoms with Gasteiger partial charge in [-0.1, -0.05) is 36.4 Å². The summed E-state index contributed by atoms with van der Waals surface area (Å²) < 4.78 is 5.16. The minimum absolute atomic E-state index is 0.00591. The normalized spacial score (nSPS) is 13.7. The first kappa shape index (κ1) is 19.6. The lowest BCUT2D eigenvalue weighted by Crippen LogP contribution is -2.30. The molecular formula is C23H25N3O2S. The van der Waals surface area contributed by atoms with Gasteiger partial charge in [-0.05, 0) is 41.7 Å². The van der Waals surface area contributed by atoms with Gasteiger partial charge >= 0.3 is 0 Å². The Morgan fingerprint density at radius 3 is 2.76 bits per heavy atom. The Kier molecular flexibility index (Phi) is 6.22. The van der Waals surface area contributed by atoms with Crippen molar-refractivity contribution >= 4 is 22.4 Å². The first-order valence-electron chi connectivity index (χ1n) is 9.86. The summed E-state index contributed by atoms with van der Waals surface area (Å²) in [4.78, 5) is 19.3. The molecule has 1 aromatic heterocycles. The molecule has 150 valence electrons. The van der Waals surface area contributed by atoms with E-state index in [1.165, 1.54) is 22.5 Å². The fourth-order valence-electron chi connectivity index (χ4n) is 3.59. The number of benzene rings is 2. The number of amides is 1. The maximum Gasteiger partial charge on any atom is 0.226 e. The van der Waals surface area contributed by atoms with Crippen LogP contribution in [0.5, 0.6) is 5.75 Å². The molecule has 0 unspecified atom stereocenters. The Balaban J connectivity index is 1.26. The molecule has 0 saturated heterocycles. The third-order valence-corrected chi connectivity index (χ3v) is 6.00. The number of aryl methyl sites for hydroxylation is 1. The molecule has 0 fully saturated rings. The Bertz CT molecular complexity index is 968. The van der Waals surface area contributed by atoms with Crippen molar-refractivity contribution in [3.05, 3.63) is 76.3 Å². The molecule has 4 rings (SSSR count). The Hall–Kier alpha value is -2.70. The van der Waals surface area contributed by atoms with Crippen LogP contribution in [-0.4, -0.2) is 29.4 Å². The first-order valence-corrected chi connectivity index (χ1v) is 10.7. The SMILES string of the molecule is COc1ccc(CCC(=O)Nc2nc(CN3CCc4ccccc4C3)cs2)cc1. The third kappa shape index (κ3) is 5.22. The Morgan fingerprint density at radius 2 is 1.97 bits per heavy atom. The highest BCUT2D eigenvalue weighted by Gasteiger charge is 2.17. The summed E-state index contributed by atoms with van der Waals surface area (Å²) in [6, 6.07) is 16.4. The lowest BCUT2D eigenvalue weighted by atomic mass is 10.00. The smallest absolute Gasteiger partial charge is 0.226 e. The minimum atomic E-state index is -0.00591. The van der Waals surface area contributed by atoms with Crippen LogP contribution in [0, 0.1) is 0 Å². The number of ether oxygens (including phenoxy) is 1. The number of hydrogen-bond donors (Lipinski definition) is 1. The van der Waals surface area contributed by atoms with Crippen LogP contribution in [0.2, 0.25) is 0 Å². The molecule has 0 saturated carbocycles. The summed E-state index contributed by atoms with van der Waals surface area (Å²) in [5.41, 5.74) is 4.99. The number of rotatable bonds is 7. The number of hydrogen-bond acceptors (Lipinski definition) is 5. The summed E-state index contributed by atoms with van der Waals surface area (Å²) in [5.74, 6) is 0.819. The van der Waals surface area contributed by atoms with E-state index >= 15 is 0 Å². The van der Waals surface area contributed by atoms with Gasteiger partial charge in [0.1, 0.15) is 5.75 Å². The number of carbonyl (C=O) groups excluding carboxylic acids is 1. The van der Waals surface area contributed by atoms with Gasteiger partial charge in [-0.25, -0.2) is 4.98 Å². The molecule has 0 radical (unpaired) electrons. The summed E-state index contributed by atoms with van der Waals surface area (Å²) in [6.07, 6.45) is 2.21. The molecule has 2 aromatic carbocycles. The molecule has 29 heavy (non-hydrogen) atoms. The van der Waals surface area contributed by atoms with Gasteiger partial charge in [-0.3, -0.25) is 9.69 Å². The van der Waals surface area contributed by atoms with E-state index in [4.69, 9.17) is 4.74 Å². The number of nitrogens with zero attached hydrogens (tertiary/aromatic N) is 2. The second-order valence-electron chi connectivity index (χ2n) is 7.27. The summed E-state index contributed by atoms with van der Waals surface area (Å²) in [7, 11) is 1.65. The van der Waals surface area contributed by atoms with Crippen molar-refractivity contribution < 1.29 is 9.53 Å². The van der Waals surface area contributed by atoms with Crippen LogP contribution in [0.25, 0.3) is 0 Å². The fourth-order valence-corrected chi connectivity index (χ4v) is 4.30. The average molecular weight is 408 g/mol. The van der Waals surface area contributed by atoms with Crippen molar-refractivity contribution in [1.29, 1.82) is 0 Å². The van der Waals surface area contributed by atoms with Crippen LogP contribution in [-0.2, 0) is 30.7 Å². The molecule has 0 spiro atoms. The Labute approximate surface area is 175 Å². The van der Waals surface area contributed by atoms with Crippen LogP contribution < -0.4 is 10.1 Å². The van der Waals surface area contributed by atoms with E-state index in [9.17, 15) is 4.79 Å². The van der Waals surface area contributed by atoms with Gasteiger partial charge < -0.3 is 10.1 Å². The first-order chi connectivity index (χ1) is 14.2. The molecule has 1 aliphatic rings. The van der Waals surface area contributed by atoms with Gasteiger partial charge in [0.25, 0.3) is 0 Å². The number of aromatic nitrogens is 1. The topological polar surface area (TPSA) is 54.5 Å². The average Bonchev–Trinajstić information content (AvgIpc) is 3.19. The van der Waals surface area contributed by atoms with Crippen molar-refractivity contribution in [2.45, 2.75) is 32.4 Å². The fraction of sp³-hybridized carbons (Fsp3) is 0.304. The molecule has 0 bridgehead atoms. The Morgan fingerprint density at radius 1 is 1.17 bits per heavy atom. The van der Waals surface area contributed by atoms with Crippen LogP contribution in [0.3, 0.4) is 0 Å². The van der Waals surface area contributed by atoms with E-state index in [1.54, 1.807) is 7.11 Å². The molecule has 1 amide bonds. The van der Waals surface area contributed by atoms with Gasteiger partial charge in [0.15, 0.2) is 5.13 Å². The van der Waals surface area contributed by atoms with E-state index in [-0.39, 0.29) is 5.91 Å². The molecule has 0 aliphatic carbocycles. The van der Waals surface area contributed by atoms with Crippen molar-refractivity contribution in [2.24, 2.45) is 0 Å². The maximum absolute atomic E-state index is 12.3. The largest absolute Gasteiger partial charge is 0.497 e. The van der Waals surface area contributed by atoms with Crippen LogP contribution in [0.15, 0.2) is 53.9 Å². The maximum atomic E-state index is 12.3. The predicted octanol–water partition coefficient (Wildman–Crippen LogP) is 4.28. The van der Waals surface area contributed by atoms with Crippen LogP contribution in [0.4, 0.5) is 5.13 Å². The molecule has 6 heteroatoms. The zero-order chi connectivity index (χ0) is 20.1. The summed E-state index contributed by atoms with van der Waals surface area (Å²) in [5, 5.41) is 5.65. The van der Waals surface area contributed by atoms with Gasteiger partial charge in [-0.15, -0.1) is 11.3 Å². The van der Waals surface area contributed by atoms with Gasteiger partial charge in [0.05, 0.1) is 12.8 Å². The number of fused-ring (bicyclic) bond motifs is 1. The van der Waals surface area contributed by atoms with Gasteiger partial charge in [0, 0.05) is 31.4 Å². The minimum Gasteiger partial charge on any atom is -0.497 e. The molecule has 0 atom stereocenters. The highest BCUT2D eigenvalue weighted by atomic mass is 32.1. The molecule has 5 nitrogen and oxygen atoms in total. The summed E-state index contributed by atoms with van der Waals surface area (Å²) in [6.45, 7) is 2.81. The number of nitrogens with one attached hydrogen (secondary N) is 1. The van der Waals surface area contributed by atoms with Crippen LogP contribution >= 0.6 is 11.3 Å². The van der Waals surface area contributed by atoms with E-state index in [1.807, 2.05) is 29.6 Å². The standard InChI is InChI=1S/C23H25N3O2S/c1-28-21-9-6-17(7-10-21)8-11-22(27)25-23-24-20(16-29-23)15-26-13-12-18-4-2-3-5-19(18)14-26/h2-7,9-10,16H,8,11-15H2,1H3,(H,24,25,27). The molecule has 3 aromatic rings. The van der Waals surface area contributed by atoms with E-state index < -0.39 is 0 Å². The quantitative estimate of drug-likeness (QED) is 0.635. The van der Waals surface area contributed by atoms with Gasteiger partial charge in [0.2, 0.25) is 5.91 Å². The highest BCUT2D eigenvalue weighted by Crippen LogP contribution is 2.22. The van der Waals surface area contributed by atoms with Crippen molar-refractivity contribution in [1.82, 2.24) is 9.88 Å². The van der Waals surface area contributed by atoms with E-state index in [0.29, 0.717) is 18.0 Å². The summed E-state index contributed by atoms with van der Waals surface area (Å²) >= 11 is 1.49. The van der Waals surface area contributed by atoms with Crippen molar-refractivity contribution in [3.63, 3.8) is 0 Å². The molecule has 1 N–H and O–H groups in total. The van der Waals surface area contributed by atoms with E-state index in [2.05, 4.69) is 39.5 Å².